The lowest BCUT2D eigenvalue weighted by Gasteiger charge is -2.38. The van der Waals surface area contributed by atoms with Crippen LogP contribution < -0.4 is 0 Å². The van der Waals surface area contributed by atoms with E-state index >= 15 is 0 Å². The van der Waals surface area contributed by atoms with Crippen LogP contribution in [0.5, 0.6) is 0 Å². The Kier molecular flexibility index (Phi) is 4.48. The molecule has 2 atom stereocenters. The molecule has 142 valence electrons. The zero-order valence-electron chi connectivity index (χ0n) is 15.9. The zero-order valence-corrected chi connectivity index (χ0v) is 15.9. The fraction of sp³-hybridized carbons (Fsp3) is 0.320. The van der Waals surface area contributed by atoms with Gasteiger partial charge in [0.15, 0.2) is 5.78 Å². The average molecular weight is 373 g/mol. The number of rotatable bonds is 4. The van der Waals surface area contributed by atoms with Crippen molar-refractivity contribution in [2.45, 2.75) is 44.3 Å². The van der Waals surface area contributed by atoms with Gasteiger partial charge in [0.25, 0.3) is 0 Å². The van der Waals surface area contributed by atoms with Crippen LogP contribution in [0.15, 0.2) is 66.7 Å². The molecule has 0 saturated carbocycles. The molecule has 2 fully saturated rings. The highest BCUT2D eigenvalue weighted by Crippen LogP contribution is 2.41. The summed E-state index contributed by atoms with van der Waals surface area (Å²) in [6.07, 6.45) is 4.17. The number of ketones is 1. The van der Waals surface area contributed by atoms with Gasteiger partial charge in [-0.2, -0.15) is 0 Å². The maximum atomic E-state index is 14.1. The maximum Gasteiger partial charge on any atom is 0.166 e. The highest BCUT2D eigenvalue weighted by Gasteiger charge is 2.43. The first-order valence-corrected chi connectivity index (χ1v) is 10.2. The minimum atomic E-state index is -0.259. The summed E-state index contributed by atoms with van der Waals surface area (Å²) in [5.74, 6) is -0.0317. The highest BCUT2D eigenvalue weighted by atomic mass is 19.1. The van der Waals surface area contributed by atoms with Crippen molar-refractivity contribution in [3.8, 4) is 0 Å². The van der Waals surface area contributed by atoms with Crippen molar-refractivity contribution in [3.05, 3.63) is 83.7 Å². The minimum Gasteiger partial charge on any atom is -0.294 e. The summed E-state index contributed by atoms with van der Waals surface area (Å²) in [4.78, 5) is 16.0. The number of piperidine rings is 1. The van der Waals surface area contributed by atoms with E-state index < -0.39 is 0 Å². The van der Waals surface area contributed by atoms with Crippen LogP contribution in [0.1, 0.15) is 41.6 Å². The summed E-state index contributed by atoms with van der Waals surface area (Å²) < 4.78 is 14.1. The molecule has 0 spiro atoms. The van der Waals surface area contributed by atoms with Gasteiger partial charge < -0.3 is 0 Å². The van der Waals surface area contributed by atoms with Crippen molar-refractivity contribution >= 4 is 16.6 Å². The number of carbonyl (C=O) groups is 1. The van der Waals surface area contributed by atoms with Crippen LogP contribution in [0.3, 0.4) is 0 Å². The molecule has 2 nitrogen and oxygen atoms in total. The van der Waals surface area contributed by atoms with Crippen molar-refractivity contribution < 1.29 is 9.18 Å². The first-order chi connectivity index (χ1) is 13.7. The number of benzene rings is 3. The fourth-order valence-electron chi connectivity index (χ4n) is 5.24. The molecule has 0 radical (unpaired) electrons. The van der Waals surface area contributed by atoms with Gasteiger partial charge in [-0.25, -0.2) is 4.39 Å². The third kappa shape index (κ3) is 3.04. The number of nitrogens with zero attached hydrogens (tertiary/aromatic N) is 1. The molecule has 2 unspecified atom stereocenters. The Morgan fingerprint density at radius 2 is 1.50 bits per heavy atom. The maximum absolute atomic E-state index is 14.1. The molecular weight excluding hydrogens is 349 g/mol. The van der Waals surface area contributed by atoms with E-state index in [2.05, 4.69) is 35.2 Å². The molecular formula is C25H24FNO. The summed E-state index contributed by atoms with van der Waals surface area (Å²) in [5.41, 5.74) is 2.02. The lowest BCUT2D eigenvalue weighted by Crippen LogP contribution is -2.44. The van der Waals surface area contributed by atoms with Crippen molar-refractivity contribution in [3.63, 3.8) is 0 Å². The monoisotopic (exact) mass is 373 g/mol. The third-order valence-corrected chi connectivity index (χ3v) is 6.60. The molecule has 0 aromatic heterocycles. The van der Waals surface area contributed by atoms with E-state index in [-0.39, 0.29) is 17.5 Å². The van der Waals surface area contributed by atoms with E-state index in [0.29, 0.717) is 23.0 Å². The molecule has 3 aromatic carbocycles. The molecule has 2 aliphatic rings. The summed E-state index contributed by atoms with van der Waals surface area (Å²) in [6.45, 7) is 0.969. The fourth-order valence-corrected chi connectivity index (χ4v) is 5.24. The summed E-state index contributed by atoms with van der Waals surface area (Å²) in [6, 6.07) is 22.0. The normalized spacial score (nSPS) is 24.5. The van der Waals surface area contributed by atoms with Crippen LogP contribution in [-0.2, 0) is 6.54 Å². The van der Waals surface area contributed by atoms with Crippen LogP contribution in [0, 0.1) is 11.7 Å². The van der Waals surface area contributed by atoms with Gasteiger partial charge in [-0.1, -0.05) is 54.6 Å². The Labute approximate surface area is 165 Å². The van der Waals surface area contributed by atoms with Crippen LogP contribution in [0.25, 0.3) is 10.8 Å². The molecule has 3 aromatic rings. The second kappa shape index (κ2) is 7.14. The molecule has 0 N–H and O–H groups in total. The first kappa shape index (κ1) is 17.6. The summed E-state index contributed by atoms with van der Waals surface area (Å²) in [7, 11) is 0. The van der Waals surface area contributed by atoms with E-state index in [1.54, 1.807) is 12.1 Å². The Morgan fingerprint density at radius 3 is 2.21 bits per heavy atom. The average Bonchev–Trinajstić information content (AvgIpc) is 2.96. The Bertz CT molecular complexity index is 1000. The van der Waals surface area contributed by atoms with Gasteiger partial charge in [-0.05, 0) is 48.8 Å². The number of fused-ring (bicyclic) bond motifs is 3. The number of hydrogen-bond acceptors (Lipinski definition) is 2. The van der Waals surface area contributed by atoms with E-state index in [0.717, 1.165) is 24.8 Å². The van der Waals surface area contributed by atoms with Crippen molar-refractivity contribution in [2.75, 3.05) is 0 Å². The largest absolute Gasteiger partial charge is 0.294 e. The molecule has 2 aliphatic heterocycles. The van der Waals surface area contributed by atoms with Gasteiger partial charge in [0.1, 0.15) is 5.82 Å². The van der Waals surface area contributed by atoms with E-state index in [1.807, 2.05) is 18.2 Å². The Balaban J connectivity index is 1.38. The number of hydrogen-bond donors (Lipinski definition) is 0. The Hall–Kier alpha value is -2.52. The van der Waals surface area contributed by atoms with Gasteiger partial charge in [-0.15, -0.1) is 0 Å². The quantitative estimate of drug-likeness (QED) is 0.555. The molecule has 28 heavy (non-hydrogen) atoms. The van der Waals surface area contributed by atoms with Crippen LogP contribution in [0.2, 0.25) is 0 Å². The van der Waals surface area contributed by atoms with Crippen LogP contribution >= 0.6 is 0 Å². The van der Waals surface area contributed by atoms with Gasteiger partial charge in [-0.3, -0.25) is 9.69 Å². The van der Waals surface area contributed by atoms with E-state index in [9.17, 15) is 9.18 Å². The second-order valence-corrected chi connectivity index (χ2v) is 8.22. The first-order valence-electron chi connectivity index (χ1n) is 10.2. The topological polar surface area (TPSA) is 20.3 Å². The smallest absolute Gasteiger partial charge is 0.166 e. The van der Waals surface area contributed by atoms with E-state index in [4.69, 9.17) is 0 Å². The molecule has 2 saturated heterocycles. The van der Waals surface area contributed by atoms with Gasteiger partial charge >= 0.3 is 0 Å². The van der Waals surface area contributed by atoms with Gasteiger partial charge in [0.05, 0.1) is 0 Å². The molecule has 3 heteroatoms. The number of carbonyl (C=O) groups excluding carboxylic acids is 1. The highest BCUT2D eigenvalue weighted by molar-refractivity contribution is 6.09. The lowest BCUT2D eigenvalue weighted by atomic mass is 9.83. The Morgan fingerprint density at radius 1 is 0.857 bits per heavy atom. The lowest BCUT2D eigenvalue weighted by molar-refractivity contribution is 0.0679. The number of Topliss-reactive ketones (excluding diaryl/α,β-unsaturated/α-hetero) is 1. The summed E-state index contributed by atoms with van der Waals surface area (Å²) >= 11 is 0. The third-order valence-electron chi connectivity index (χ3n) is 6.60. The molecule has 2 heterocycles. The van der Waals surface area contributed by atoms with Crippen LogP contribution in [-0.4, -0.2) is 22.8 Å². The SMILES string of the molecule is O=C(c1ccc(F)c2ccccc12)C1CC2CCC(C1)N2Cc1ccccc1. The standard InChI is InChI=1S/C25H24FNO/c26-24-13-12-23(21-8-4-5-9-22(21)24)25(28)18-14-19-10-11-20(15-18)27(19)16-17-6-2-1-3-7-17/h1-9,12-13,18-20H,10-11,14-16H2. The van der Waals surface area contributed by atoms with Gasteiger partial charge in [0, 0.05) is 35.5 Å². The second-order valence-electron chi connectivity index (χ2n) is 8.22. The molecule has 5 rings (SSSR count). The number of halogens is 1. The molecule has 0 aliphatic carbocycles. The zero-order chi connectivity index (χ0) is 19.1. The molecule has 0 amide bonds. The van der Waals surface area contributed by atoms with E-state index in [1.165, 1.54) is 24.5 Å². The predicted molar refractivity (Wildman–Crippen MR) is 110 cm³/mol. The van der Waals surface area contributed by atoms with Crippen molar-refractivity contribution in [2.24, 2.45) is 5.92 Å². The molecule has 2 bridgehead atoms. The van der Waals surface area contributed by atoms with Crippen LogP contribution in [0.4, 0.5) is 4.39 Å². The minimum absolute atomic E-state index is 0.0402. The summed E-state index contributed by atoms with van der Waals surface area (Å²) in [5, 5.41) is 1.28. The van der Waals surface area contributed by atoms with Crippen molar-refractivity contribution in [1.82, 2.24) is 4.90 Å². The van der Waals surface area contributed by atoms with Crippen molar-refractivity contribution in [1.29, 1.82) is 0 Å². The van der Waals surface area contributed by atoms with Gasteiger partial charge in [0.2, 0.25) is 0 Å². The predicted octanol–water partition coefficient (Wildman–Crippen LogP) is 5.60.